The molecule has 2 aromatic rings. The number of rotatable bonds is 6. The molecule has 0 saturated carbocycles. The van der Waals surface area contributed by atoms with E-state index in [0.717, 1.165) is 12.1 Å². The monoisotopic (exact) mass is 414 g/mol. The van der Waals surface area contributed by atoms with Crippen LogP contribution in [0.5, 0.6) is 5.75 Å². The van der Waals surface area contributed by atoms with Crippen molar-refractivity contribution in [2.75, 3.05) is 26.7 Å². The van der Waals surface area contributed by atoms with Crippen LogP contribution < -0.4 is 10.1 Å². The Hall–Kier alpha value is -1.61. The fraction of sp³-hybridized carbons (Fsp3) is 0.500. The highest BCUT2D eigenvalue weighted by molar-refractivity contribution is 7.89. The smallest absolute Gasteiger partial charge is 0.262 e. The molecule has 1 atom stereocenters. The summed E-state index contributed by atoms with van der Waals surface area (Å²) in [5, 5.41) is 3.38. The summed E-state index contributed by atoms with van der Waals surface area (Å²) < 4.78 is 35.3. The first-order valence-corrected chi connectivity index (χ1v) is 10.2. The number of para-hydroxylation sites is 1. The first-order chi connectivity index (χ1) is 12.4. The van der Waals surface area contributed by atoms with Gasteiger partial charge < -0.3 is 14.6 Å². The number of halogens is 1. The van der Waals surface area contributed by atoms with Crippen molar-refractivity contribution in [1.29, 1.82) is 0 Å². The molecule has 27 heavy (non-hydrogen) atoms. The normalized spacial score (nSPS) is 18.3. The summed E-state index contributed by atoms with van der Waals surface area (Å²) in [6, 6.07) is 7.21. The van der Waals surface area contributed by atoms with Gasteiger partial charge in [0.2, 0.25) is 0 Å². The second kappa shape index (κ2) is 9.05. The van der Waals surface area contributed by atoms with Crippen LogP contribution in [0.2, 0.25) is 0 Å². The summed E-state index contributed by atoms with van der Waals surface area (Å²) in [5.41, 5.74) is 0.854. The van der Waals surface area contributed by atoms with Gasteiger partial charge >= 0.3 is 0 Å². The average molecular weight is 415 g/mol. The van der Waals surface area contributed by atoms with Crippen LogP contribution in [0.3, 0.4) is 0 Å². The van der Waals surface area contributed by atoms with Crippen LogP contribution in [0.4, 0.5) is 0 Å². The average Bonchev–Trinajstić information content (AvgIpc) is 3.10. The second-order valence-electron chi connectivity index (χ2n) is 6.88. The fourth-order valence-corrected chi connectivity index (χ4v) is 4.84. The number of benzene rings is 1. The number of ether oxygens (including phenoxy) is 1. The van der Waals surface area contributed by atoms with E-state index < -0.39 is 10.0 Å². The van der Waals surface area contributed by atoms with Crippen LogP contribution in [0.25, 0.3) is 0 Å². The molecule has 1 aromatic heterocycles. The van der Waals surface area contributed by atoms with Gasteiger partial charge in [0.1, 0.15) is 5.75 Å². The third kappa shape index (κ3) is 4.63. The minimum atomic E-state index is -3.69. The molecule has 2 heterocycles. The van der Waals surface area contributed by atoms with E-state index in [9.17, 15) is 8.42 Å². The molecule has 1 aliphatic rings. The molecule has 1 aliphatic heterocycles. The number of sulfonamides is 1. The Morgan fingerprint density at radius 3 is 2.78 bits per heavy atom. The number of piperazine rings is 1. The van der Waals surface area contributed by atoms with Gasteiger partial charge in [-0.2, -0.15) is 4.31 Å². The van der Waals surface area contributed by atoms with E-state index in [4.69, 9.17) is 4.74 Å². The highest BCUT2D eigenvalue weighted by Gasteiger charge is 2.36. The van der Waals surface area contributed by atoms with Gasteiger partial charge in [-0.05, 0) is 12.0 Å². The number of nitrogens with one attached hydrogen (secondary N) is 1. The number of hydrogen-bond acceptors (Lipinski definition) is 5. The topological polar surface area (TPSA) is 76.5 Å². The molecule has 3 rings (SSSR count). The predicted octanol–water partition coefficient (Wildman–Crippen LogP) is 2.30. The zero-order valence-electron chi connectivity index (χ0n) is 15.8. The number of methoxy groups -OCH3 is 1. The van der Waals surface area contributed by atoms with E-state index in [1.54, 1.807) is 19.6 Å². The summed E-state index contributed by atoms with van der Waals surface area (Å²) in [7, 11) is -2.09. The third-order valence-electron chi connectivity index (χ3n) is 4.45. The summed E-state index contributed by atoms with van der Waals surface area (Å²) in [5.74, 6) is 1.10. The minimum Gasteiger partial charge on any atom is -0.496 e. The van der Waals surface area contributed by atoms with Crippen LogP contribution in [0.1, 0.15) is 25.5 Å². The van der Waals surface area contributed by atoms with Crippen molar-refractivity contribution in [1.82, 2.24) is 19.2 Å². The van der Waals surface area contributed by atoms with Crippen molar-refractivity contribution in [3.8, 4) is 5.75 Å². The van der Waals surface area contributed by atoms with E-state index in [1.165, 1.54) is 4.31 Å². The van der Waals surface area contributed by atoms with Gasteiger partial charge in [-0.3, -0.25) is 0 Å². The van der Waals surface area contributed by atoms with Gasteiger partial charge in [-0.1, -0.05) is 32.0 Å². The number of hydrogen-bond donors (Lipinski definition) is 1. The first kappa shape index (κ1) is 21.7. The summed E-state index contributed by atoms with van der Waals surface area (Å²) >= 11 is 0. The molecule has 1 saturated heterocycles. The molecule has 7 nitrogen and oxygen atoms in total. The van der Waals surface area contributed by atoms with Crippen molar-refractivity contribution in [2.24, 2.45) is 5.92 Å². The SMILES string of the molecule is COc1ccccc1C1CNCCN1S(=O)(=O)c1cn(CC(C)C)cn1.Cl. The lowest BCUT2D eigenvalue weighted by atomic mass is 10.0. The minimum absolute atomic E-state index is 0. The Morgan fingerprint density at radius 1 is 1.33 bits per heavy atom. The van der Waals surface area contributed by atoms with Crippen molar-refractivity contribution >= 4 is 22.4 Å². The van der Waals surface area contributed by atoms with Crippen molar-refractivity contribution in [2.45, 2.75) is 31.5 Å². The molecular weight excluding hydrogens is 388 g/mol. The van der Waals surface area contributed by atoms with Gasteiger partial charge in [0.25, 0.3) is 10.0 Å². The molecule has 0 spiro atoms. The van der Waals surface area contributed by atoms with Gasteiger partial charge in [-0.15, -0.1) is 12.4 Å². The first-order valence-electron chi connectivity index (χ1n) is 8.80. The Morgan fingerprint density at radius 2 is 2.07 bits per heavy atom. The third-order valence-corrected chi connectivity index (χ3v) is 6.24. The van der Waals surface area contributed by atoms with Crippen molar-refractivity contribution in [3.05, 3.63) is 42.4 Å². The number of aromatic nitrogens is 2. The van der Waals surface area contributed by atoms with E-state index in [-0.39, 0.29) is 23.5 Å². The van der Waals surface area contributed by atoms with E-state index in [1.807, 2.05) is 28.8 Å². The van der Waals surface area contributed by atoms with Crippen molar-refractivity contribution in [3.63, 3.8) is 0 Å². The maximum Gasteiger partial charge on any atom is 0.262 e. The van der Waals surface area contributed by atoms with Crippen LogP contribution in [-0.2, 0) is 16.6 Å². The molecular formula is C18H27ClN4O3S. The number of imidazole rings is 1. The molecule has 0 radical (unpaired) electrons. The maximum atomic E-state index is 13.3. The summed E-state index contributed by atoms with van der Waals surface area (Å²) in [4.78, 5) is 4.17. The molecule has 1 fully saturated rings. The van der Waals surface area contributed by atoms with Crippen LogP contribution >= 0.6 is 12.4 Å². The lowest BCUT2D eigenvalue weighted by Crippen LogP contribution is -2.48. The van der Waals surface area contributed by atoms with E-state index >= 15 is 0 Å². The Kier molecular flexibility index (Phi) is 7.27. The van der Waals surface area contributed by atoms with Crippen LogP contribution in [0.15, 0.2) is 41.8 Å². The van der Waals surface area contributed by atoms with Crippen LogP contribution in [0, 0.1) is 5.92 Å². The highest BCUT2D eigenvalue weighted by atomic mass is 35.5. The summed E-state index contributed by atoms with van der Waals surface area (Å²) in [6.07, 6.45) is 3.21. The molecule has 0 aliphatic carbocycles. The number of nitrogens with zero attached hydrogens (tertiary/aromatic N) is 3. The zero-order chi connectivity index (χ0) is 18.7. The maximum absolute atomic E-state index is 13.3. The summed E-state index contributed by atoms with van der Waals surface area (Å²) in [6.45, 7) is 6.44. The lowest BCUT2D eigenvalue weighted by molar-refractivity contribution is 0.264. The van der Waals surface area contributed by atoms with Gasteiger partial charge in [0.05, 0.1) is 19.5 Å². The van der Waals surface area contributed by atoms with Gasteiger partial charge in [0, 0.05) is 37.9 Å². The zero-order valence-corrected chi connectivity index (χ0v) is 17.5. The lowest BCUT2D eigenvalue weighted by Gasteiger charge is -2.35. The molecule has 0 bridgehead atoms. The Balaban J connectivity index is 0.00000261. The molecule has 1 unspecified atom stereocenters. The molecule has 0 amide bonds. The molecule has 1 N–H and O–H groups in total. The molecule has 150 valence electrons. The highest BCUT2D eigenvalue weighted by Crippen LogP contribution is 2.33. The van der Waals surface area contributed by atoms with Crippen LogP contribution in [-0.4, -0.2) is 49.0 Å². The Labute approximate surface area is 167 Å². The largest absolute Gasteiger partial charge is 0.496 e. The Bertz CT molecular complexity index is 854. The van der Waals surface area contributed by atoms with Gasteiger partial charge in [-0.25, -0.2) is 13.4 Å². The van der Waals surface area contributed by atoms with E-state index in [2.05, 4.69) is 24.1 Å². The fourth-order valence-electron chi connectivity index (χ4n) is 3.29. The molecule has 9 heteroatoms. The standard InChI is InChI=1S/C18H26N4O3S.ClH/c1-14(2)11-21-12-18(20-13-21)26(23,24)22-9-8-19-10-16(22)15-6-4-5-7-17(15)25-3;/h4-7,12-14,16,19H,8-11H2,1-3H3;1H. The quantitative estimate of drug-likeness (QED) is 0.784. The van der Waals surface area contributed by atoms with Gasteiger partial charge in [0.15, 0.2) is 5.03 Å². The second-order valence-corrected chi connectivity index (χ2v) is 8.72. The van der Waals surface area contributed by atoms with E-state index in [0.29, 0.717) is 31.3 Å². The van der Waals surface area contributed by atoms with Crippen molar-refractivity contribution < 1.29 is 13.2 Å². The molecule has 1 aromatic carbocycles. The predicted molar refractivity (Wildman–Crippen MR) is 107 cm³/mol.